The number of nitrogens with one attached hydrogen (secondary N) is 1. The van der Waals surface area contributed by atoms with Crippen molar-refractivity contribution in [2.75, 3.05) is 26.7 Å². The van der Waals surface area contributed by atoms with E-state index in [0.717, 1.165) is 40.8 Å². The first-order valence-electron chi connectivity index (χ1n) is 9.83. The number of hydrogen-bond donors (Lipinski definition) is 1. The van der Waals surface area contributed by atoms with E-state index in [9.17, 15) is 4.79 Å². The van der Waals surface area contributed by atoms with Crippen LogP contribution in [-0.2, 0) is 7.05 Å². The average Bonchev–Trinajstić information content (AvgIpc) is 3.30. The Morgan fingerprint density at radius 1 is 1.23 bits per heavy atom. The van der Waals surface area contributed by atoms with Crippen LogP contribution < -0.4 is 10.1 Å². The molecule has 1 N–H and O–H groups in total. The molecule has 4 rings (SSSR count). The molecule has 1 unspecified atom stereocenters. The van der Waals surface area contributed by atoms with Gasteiger partial charge < -0.3 is 24.1 Å². The molecular weight excluding hydrogens is 402 g/mol. The van der Waals surface area contributed by atoms with Gasteiger partial charge in [-0.3, -0.25) is 4.79 Å². The molecule has 1 aliphatic heterocycles. The van der Waals surface area contributed by atoms with Crippen LogP contribution in [-0.4, -0.2) is 51.7 Å². The summed E-state index contributed by atoms with van der Waals surface area (Å²) in [4.78, 5) is 20.0. The number of amides is 1. The molecule has 3 aromatic rings. The second-order valence-corrected chi connectivity index (χ2v) is 7.43. The van der Waals surface area contributed by atoms with Crippen molar-refractivity contribution >= 4 is 18.3 Å². The molecule has 0 bridgehead atoms. The normalized spacial score (nSPS) is 16.3. The number of nitrogens with zero attached hydrogens (tertiary/aromatic N) is 4. The van der Waals surface area contributed by atoms with E-state index in [2.05, 4.69) is 14.9 Å². The van der Waals surface area contributed by atoms with E-state index in [1.807, 2.05) is 66.9 Å². The third-order valence-electron chi connectivity index (χ3n) is 5.65. The lowest BCUT2D eigenvalue weighted by Gasteiger charge is -2.35. The topological polar surface area (TPSA) is 64.3 Å². The molecule has 3 heterocycles. The highest BCUT2D eigenvalue weighted by Crippen LogP contribution is 2.27. The third-order valence-corrected chi connectivity index (χ3v) is 5.65. The van der Waals surface area contributed by atoms with Gasteiger partial charge in [0.05, 0.1) is 12.7 Å². The van der Waals surface area contributed by atoms with Crippen LogP contribution in [0.1, 0.15) is 33.6 Å². The van der Waals surface area contributed by atoms with Crippen molar-refractivity contribution in [3.05, 3.63) is 65.5 Å². The Balaban J connectivity index is 0.00000256. The number of imidazole rings is 1. The van der Waals surface area contributed by atoms with Crippen LogP contribution in [0.15, 0.2) is 42.7 Å². The summed E-state index contributed by atoms with van der Waals surface area (Å²) in [6, 6.07) is 9.79. The Morgan fingerprint density at radius 2 is 1.97 bits per heavy atom. The molecule has 0 saturated carbocycles. The summed E-state index contributed by atoms with van der Waals surface area (Å²) in [5.74, 6) is 1.76. The highest BCUT2D eigenvalue weighted by Gasteiger charge is 2.32. The van der Waals surface area contributed by atoms with Gasteiger partial charge in [-0.05, 0) is 44.2 Å². The standard InChI is InChI=1S/C22H27N5O2.ClH/c1-15-13-19(16(2)27(15)17-5-7-18(29-4)8-6-17)22(28)26-12-9-23-14-20(26)21-24-10-11-25(21)3;/h5-8,10-11,13,20,23H,9,12,14H2,1-4H3;1H. The number of carbonyl (C=O) groups is 1. The Hall–Kier alpha value is -2.77. The van der Waals surface area contributed by atoms with E-state index in [1.165, 1.54) is 0 Å². The first-order chi connectivity index (χ1) is 14.0. The third kappa shape index (κ3) is 3.82. The predicted octanol–water partition coefficient (Wildman–Crippen LogP) is 3.04. The fraction of sp³-hybridized carbons (Fsp3) is 0.364. The van der Waals surface area contributed by atoms with Crippen molar-refractivity contribution in [2.24, 2.45) is 7.05 Å². The van der Waals surface area contributed by atoms with Gasteiger partial charge >= 0.3 is 0 Å². The van der Waals surface area contributed by atoms with E-state index in [4.69, 9.17) is 4.74 Å². The minimum atomic E-state index is -0.0831. The molecule has 0 aliphatic carbocycles. The summed E-state index contributed by atoms with van der Waals surface area (Å²) in [5.41, 5.74) is 3.72. The number of halogens is 1. The summed E-state index contributed by atoms with van der Waals surface area (Å²) in [7, 11) is 3.62. The molecule has 1 atom stereocenters. The Labute approximate surface area is 183 Å². The van der Waals surface area contributed by atoms with Gasteiger partial charge in [-0.2, -0.15) is 0 Å². The molecule has 160 valence electrons. The zero-order valence-electron chi connectivity index (χ0n) is 17.8. The summed E-state index contributed by atoms with van der Waals surface area (Å²) in [6.07, 6.45) is 3.70. The zero-order valence-corrected chi connectivity index (χ0v) is 18.6. The summed E-state index contributed by atoms with van der Waals surface area (Å²) in [6.45, 7) is 6.17. The van der Waals surface area contributed by atoms with Gasteiger partial charge in [-0.15, -0.1) is 12.4 Å². The highest BCUT2D eigenvalue weighted by atomic mass is 35.5. The second-order valence-electron chi connectivity index (χ2n) is 7.43. The van der Waals surface area contributed by atoms with Crippen molar-refractivity contribution in [1.29, 1.82) is 0 Å². The van der Waals surface area contributed by atoms with Crippen LogP contribution in [0.4, 0.5) is 0 Å². The van der Waals surface area contributed by atoms with Crippen LogP contribution >= 0.6 is 12.4 Å². The van der Waals surface area contributed by atoms with Crippen molar-refractivity contribution in [3.63, 3.8) is 0 Å². The maximum Gasteiger partial charge on any atom is 0.256 e. The average molecular weight is 430 g/mol. The minimum Gasteiger partial charge on any atom is -0.497 e. The van der Waals surface area contributed by atoms with Crippen molar-refractivity contribution in [1.82, 2.24) is 24.3 Å². The lowest BCUT2D eigenvalue weighted by atomic mass is 10.1. The maximum atomic E-state index is 13.6. The number of benzene rings is 1. The molecule has 0 spiro atoms. The number of carbonyl (C=O) groups excluding carboxylic acids is 1. The maximum absolute atomic E-state index is 13.6. The SMILES string of the molecule is COc1ccc(-n2c(C)cc(C(=O)N3CCNCC3c3nccn3C)c2C)cc1.Cl. The Bertz CT molecular complexity index is 1020. The molecule has 2 aromatic heterocycles. The molecular formula is C22H28ClN5O2. The highest BCUT2D eigenvalue weighted by molar-refractivity contribution is 5.96. The van der Waals surface area contributed by atoms with Gasteiger partial charge in [-0.1, -0.05) is 0 Å². The number of methoxy groups -OCH3 is 1. The smallest absolute Gasteiger partial charge is 0.256 e. The molecule has 1 saturated heterocycles. The number of ether oxygens (including phenoxy) is 1. The summed E-state index contributed by atoms with van der Waals surface area (Å²) >= 11 is 0. The predicted molar refractivity (Wildman–Crippen MR) is 119 cm³/mol. The second kappa shape index (κ2) is 8.93. The largest absolute Gasteiger partial charge is 0.497 e. The summed E-state index contributed by atoms with van der Waals surface area (Å²) in [5, 5.41) is 3.39. The van der Waals surface area contributed by atoms with Crippen molar-refractivity contribution in [3.8, 4) is 11.4 Å². The van der Waals surface area contributed by atoms with Crippen LogP contribution in [0.5, 0.6) is 5.75 Å². The lowest BCUT2D eigenvalue weighted by Crippen LogP contribution is -2.49. The van der Waals surface area contributed by atoms with Gasteiger partial charge in [0.15, 0.2) is 0 Å². The molecule has 0 radical (unpaired) electrons. The van der Waals surface area contributed by atoms with Crippen LogP contribution in [0.3, 0.4) is 0 Å². The fourth-order valence-electron chi connectivity index (χ4n) is 4.14. The number of aryl methyl sites for hydroxylation is 2. The molecule has 1 aliphatic rings. The van der Waals surface area contributed by atoms with Gasteiger partial charge in [0, 0.05) is 56.2 Å². The minimum absolute atomic E-state index is 0. The molecule has 7 nitrogen and oxygen atoms in total. The number of piperazine rings is 1. The molecule has 30 heavy (non-hydrogen) atoms. The van der Waals surface area contributed by atoms with E-state index < -0.39 is 0 Å². The molecule has 1 amide bonds. The van der Waals surface area contributed by atoms with Crippen LogP contribution in [0, 0.1) is 13.8 Å². The fourth-order valence-corrected chi connectivity index (χ4v) is 4.14. The zero-order chi connectivity index (χ0) is 20.5. The van der Waals surface area contributed by atoms with E-state index >= 15 is 0 Å². The number of rotatable bonds is 4. The first kappa shape index (κ1) is 21.9. The van der Waals surface area contributed by atoms with Gasteiger partial charge in [0.1, 0.15) is 17.6 Å². The monoisotopic (exact) mass is 429 g/mol. The quantitative estimate of drug-likeness (QED) is 0.692. The molecule has 1 aromatic carbocycles. The van der Waals surface area contributed by atoms with Gasteiger partial charge in [-0.25, -0.2) is 4.98 Å². The van der Waals surface area contributed by atoms with Gasteiger partial charge in [0.2, 0.25) is 0 Å². The lowest BCUT2D eigenvalue weighted by molar-refractivity contribution is 0.0620. The van der Waals surface area contributed by atoms with Crippen LogP contribution in [0.25, 0.3) is 5.69 Å². The van der Waals surface area contributed by atoms with Crippen molar-refractivity contribution < 1.29 is 9.53 Å². The first-order valence-corrected chi connectivity index (χ1v) is 9.83. The number of aromatic nitrogens is 3. The van der Waals surface area contributed by atoms with Crippen molar-refractivity contribution in [2.45, 2.75) is 19.9 Å². The van der Waals surface area contributed by atoms with Gasteiger partial charge in [0.25, 0.3) is 5.91 Å². The molecule has 1 fully saturated rings. The Kier molecular flexibility index (Phi) is 6.53. The number of hydrogen-bond acceptors (Lipinski definition) is 4. The van der Waals surface area contributed by atoms with E-state index in [1.54, 1.807) is 13.3 Å². The van der Waals surface area contributed by atoms with E-state index in [-0.39, 0.29) is 24.4 Å². The summed E-state index contributed by atoms with van der Waals surface area (Å²) < 4.78 is 9.36. The van der Waals surface area contributed by atoms with E-state index in [0.29, 0.717) is 13.1 Å². The van der Waals surface area contributed by atoms with Crippen LogP contribution in [0.2, 0.25) is 0 Å². The molecule has 8 heteroatoms. The Morgan fingerprint density at radius 3 is 2.60 bits per heavy atom.